The minimum atomic E-state index is -0.894. The lowest BCUT2D eigenvalue weighted by atomic mass is 9.86. The van der Waals surface area contributed by atoms with Crippen molar-refractivity contribution in [2.75, 3.05) is 6.79 Å². The van der Waals surface area contributed by atoms with Crippen LogP contribution in [0.3, 0.4) is 0 Å². The van der Waals surface area contributed by atoms with Gasteiger partial charge in [-0.25, -0.2) is 9.78 Å². The molecule has 0 saturated carbocycles. The SMILES string of the molecule is O=C(O)c1c2c(nc3ccccc13)C(=Cc1ccc3c(c1)OCO3)CCC2. The zero-order chi connectivity index (χ0) is 18.4. The van der Waals surface area contributed by atoms with Gasteiger partial charge >= 0.3 is 5.97 Å². The molecular formula is C22H17NO4. The molecule has 0 saturated heterocycles. The van der Waals surface area contributed by atoms with Crippen LogP contribution in [0.15, 0.2) is 42.5 Å². The minimum absolute atomic E-state index is 0.244. The number of nitrogens with zero attached hydrogens (tertiary/aromatic N) is 1. The number of hydrogen-bond acceptors (Lipinski definition) is 4. The number of rotatable bonds is 2. The molecule has 0 atom stereocenters. The number of allylic oxidation sites excluding steroid dienone is 1. The summed E-state index contributed by atoms with van der Waals surface area (Å²) in [4.78, 5) is 16.8. The normalized spacial score (nSPS) is 16.5. The van der Waals surface area contributed by atoms with Gasteiger partial charge in [-0.3, -0.25) is 0 Å². The molecule has 5 heteroatoms. The molecule has 0 unspecified atom stereocenters. The van der Waals surface area contributed by atoms with E-state index >= 15 is 0 Å². The van der Waals surface area contributed by atoms with Gasteiger partial charge in [0.2, 0.25) is 6.79 Å². The second kappa shape index (κ2) is 6.13. The molecule has 1 aliphatic carbocycles. The van der Waals surface area contributed by atoms with Crippen LogP contribution in [0.2, 0.25) is 0 Å². The smallest absolute Gasteiger partial charge is 0.336 e. The van der Waals surface area contributed by atoms with Gasteiger partial charge in [-0.2, -0.15) is 0 Å². The number of pyridine rings is 1. The predicted molar refractivity (Wildman–Crippen MR) is 102 cm³/mol. The summed E-state index contributed by atoms with van der Waals surface area (Å²) in [5.74, 6) is 0.589. The first kappa shape index (κ1) is 15.9. The van der Waals surface area contributed by atoms with Gasteiger partial charge in [-0.15, -0.1) is 0 Å². The summed E-state index contributed by atoms with van der Waals surface area (Å²) < 4.78 is 10.8. The molecule has 1 N–H and O–H groups in total. The summed E-state index contributed by atoms with van der Waals surface area (Å²) in [7, 11) is 0. The molecule has 0 amide bonds. The van der Waals surface area contributed by atoms with E-state index in [1.165, 1.54) is 0 Å². The van der Waals surface area contributed by atoms with Crippen LogP contribution in [0.1, 0.15) is 40.0 Å². The highest BCUT2D eigenvalue weighted by atomic mass is 16.7. The summed E-state index contributed by atoms with van der Waals surface area (Å²) >= 11 is 0. The van der Waals surface area contributed by atoms with Crippen LogP contribution < -0.4 is 9.47 Å². The van der Waals surface area contributed by atoms with Gasteiger partial charge in [0.05, 0.1) is 16.8 Å². The maximum Gasteiger partial charge on any atom is 0.336 e. The highest BCUT2D eigenvalue weighted by Crippen LogP contribution is 2.38. The Kier molecular flexibility index (Phi) is 3.60. The molecule has 27 heavy (non-hydrogen) atoms. The van der Waals surface area contributed by atoms with E-state index in [1.54, 1.807) is 0 Å². The van der Waals surface area contributed by atoms with Crippen molar-refractivity contribution in [3.05, 3.63) is 64.8 Å². The van der Waals surface area contributed by atoms with Crippen molar-refractivity contribution in [3.63, 3.8) is 0 Å². The van der Waals surface area contributed by atoms with Crippen LogP contribution in [-0.4, -0.2) is 22.9 Å². The Morgan fingerprint density at radius 3 is 2.81 bits per heavy atom. The van der Waals surface area contributed by atoms with E-state index < -0.39 is 5.97 Å². The van der Waals surface area contributed by atoms with Crippen molar-refractivity contribution < 1.29 is 19.4 Å². The number of carboxylic acid groups (broad SMARTS) is 1. The van der Waals surface area contributed by atoms with Gasteiger partial charge in [-0.05, 0) is 60.2 Å². The average Bonchev–Trinajstić information content (AvgIpc) is 3.14. The van der Waals surface area contributed by atoms with Crippen molar-refractivity contribution in [3.8, 4) is 11.5 Å². The van der Waals surface area contributed by atoms with Crippen molar-refractivity contribution in [1.82, 2.24) is 4.98 Å². The fraction of sp³-hybridized carbons (Fsp3) is 0.182. The van der Waals surface area contributed by atoms with Crippen LogP contribution in [0.25, 0.3) is 22.6 Å². The molecule has 0 fully saturated rings. The molecule has 1 aliphatic heterocycles. The Morgan fingerprint density at radius 2 is 1.93 bits per heavy atom. The molecule has 134 valence electrons. The third-order valence-corrected chi connectivity index (χ3v) is 5.12. The number of fused-ring (bicyclic) bond motifs is 3. The number of carbonyl (C=O) groups is 1. The van der Waals surface area contributed by atoms with Crippen molar-refractivity contribution in [2.45, 2.75) is 19.3 Å². The summed E-state index contributed by atoms with van der Waals surface area (Å²) in [6.45, 7) is 0.244. The number of aromatic nitrogens is 1. The third kappa shape index (κ3) is 2.63. The zero-order valence-corrected chi connectivity index (χ0v) is 14.6. The van der Waals surface area contributed by atoms with Crippen LogP contribution in [0, 0.1) is 0 Å². The first-order valence-corrected chi connectivity index (χ1v) is 8.96. The van der Waals surface area contributed by atoms with Crippen molar-refractivity contribution in [2.24, 2.45) is 0 Å². The van der Waals surface area contributed by atoms with Crippen molar-refractivity contribution in [1.29, 1.82) is 0 Å². The lowest BCUT2D eigenvalue weighted by molar-refractivity contribution is 0.0697. The summed E-state index contributed by atoms with van der Waals surface area (Å²) in [6.07, 6.45) is 4.58. The van der Waals surface area contributed by atoms with Gasteiger partial charge in [-0.1, -0.05) is 24.3 Å². The van der Waals surface area contributed by atoms with Gasteiger partial charge in [0.15, 0.2) is 11.5 Å². The Bertz CT molecular complexity index is 1120. The molecule has 2 heterocycles. The average molecular weight is 359 g/mol. The maximum absolute atomic E-state index is 12.0. The molecule has 3 aromatic rings. The van der Waals surface area contributed by atoms with Crippen LogP contribution in [-0.2, 0) is 6.42 Å². The molecule has 5 rings (SSSR count). The second-order valence-corrected chi connectivity index (χ2v) is 6.77. The van der Waals surface area contributed by atoms with Gasteiger partial charge in [0.1, 0.15) is 0 Å². The molecule has 0 bridgehead atoms. The standard InChI is InChI=1S/C22H17NO4/c24-22(25)20-15-5-1-2-7-17(15)23-21-14(4-3-6-16(20)21)10-13-8-9-18-19(11-13)27-12-26-18/h1-2,5,7-11H,3-4,6,12H2,(H,24,25). The Hall–Kier alpha value is -3.34. The Labute approximate surface area is 155 Å². The lowest BCUT2D eigenvalue weighted by Gasteiger charge is -2.21. The number of aromatic carboxylic acids is 1. The topological polar surface area (TPSA) is 68.7 Å². The third-order valence-electron chi connectivity index (χ3n) is 5.12. The molecule has 0 spiro atoms. The van der Waals surface area contributed by atoms with Gasteiger partial charge in [0.25, 0.3) is 0 Å². The van der Waals surface area contributed by atoms with E-state index in [9.17, 15) is 9.90 Å². The molecule has 2 aliphatic rings. The number of hydrogen-bond donors (Lipinski definition) is 1. The highest BCUT2D eigenvalue weighted by molar-refractivity contribution is 6.05. The fourth-order valence-corrected chi connectivity index (χ4v) is 3.92. The number of para-hydroxylation sites is 1. The fourth-order valence-electron chi connectivity index (χ4n) is 3.92. The number of ether oxygens (including phenoxy) is 2. The zero-order valence-electron chi connectivity index (χ0n) is 14.6. The predicted octanol–water partition coefficient (Wildman–Crippen LogP) is 4.54. The molecular weight excluding hydrogens is 342 g/mol. The van der Waals surface area contributed by atoms with Crippen LogP contribution in [0.5, 0.6) is 11.5 Å². The second-order valence-electron chi connectivity index (χ2n) is 6.77. The summed E-state index contributed by atoms with van der Waals surface area (Å²) in [5.41, 5.74) is 4.78. The summed E-state index contributed by atoms with van der Waals surface area (Å²) in [5, 5.41) is 10.5. The molecule has 0 radical (unpaired) electrons. The first-order valence-electron chi connectivity index (χ1n) is 8.96. The molecule has 2 aromatic carbocycles. The summed E-state index contributed by atoms with van der Waals surface area (Å²) in [6, 6.07) is 13.3. The number of benzene rings is 2. The Morgan fingerprint density at radius 1 is 1.07 bits per heavy atom. The highest BCUT2D eigenvalue weighted by Gasteiger charge is 2.25. The molecule has 5 nitrogen and oxygen atoms in total. The Balaban J connectivity index is 1.69. The van der Waals surface area contributed by atoms with Crippen molar-refractivity contribution >= 4 is 28.5 Å². The minimum Gasteiger partial charge on any atom is -0.478 e. The van der Waals surface area contributed by atoms with E-state index in [-0.39, 0.29) is 6.79 Å². The monoisotopic (exact) mass is 359 g/mol. The lowest BCUT2D eigenvalue weighted by Crippen LogP contribution is -2.13. The van der Waals surface area contributed by atoms with Crippen LogP contribution >= 0.6 is 0 Å². The molecule has 1 aromatic heterocycles. The maximum atomic E-state index is 12.0. The van der Waals surface area contributed by atoms with Gasteiger partial charge < -0.3 is 14.6 Å². The first-order chi connectivity index (χ1) is 13.2. The number of carboxylic acids is 1. The van der Waals surface area contributed by atoms with E-state index in [0.29, 0.717) is 16.5 Å². The van der Waals surface area contributed by atoms with E-state index in [2.05, 4.69) is 6.08 Å². The van der Waals surface area contributed by atoms with Crippen LogP contribution in [0.4, 0.5) is 0 Å². The van der Waals surface area contributed by atoms with E-state index in [1.807, 2.05) is 42.5 Å². The largest absolute Gasteiger partial charge is 0.478 e. The van der Waals surface area contributed by atoms with Gasteiger partial charge in [0, 0.05) is 5.39 Å². The quantitative estimate of drug-likeness (QED) is 0.727. The van der Waals surface area contributed by atoms with E-state index in [0.717, 1.165) is 53.2 Å². The van der Waals surface area contributed by atoms with E-state index in [4.69, 9.17) is 14.5 Å².